The Hall–Kier alpha value is -1.07. The van der Waals surface area contributed by atoms with Gasteiger partial charge in [0.25, 0.3) is 5.67 Å². The third-order valence-corrected chi connectivity index (χ3v) is 3.11. The van der Waals surface area contributed by atoms with E-state index in [1.165, 1.54) is 0 Å². The number of alkyl halides is 11. The summed E-state index contributed by atoms with van der Waals surface area (Å²) in [6, 6.07) is 0. The molecule has 0 aliphatic rings. The summed E-state index contributed by atoms with van der Waals surface area (Å²) in [6.07, 6.45) is -22.4. The van der Waals surface area contributed by atoms with Crippen LogP contribution in [0, 0.1) is 5.92 Å². The van der Waals surface area contributed by atoms with Crippen LogP contribution >= 0.6 is 11.6 Å². The summed E-state index contributed by atoms with van der Waals surface area (Å²) in [5.41, 5.74) is -5.52. The third kappa shape index (κ3) is 9.26. The molecule has 2 nitrogen and oxygen atoms in total. The summed E-state index contributed by atoms with van der Waals surface area (Å²) < 4.78 is 123. The Balaban J connectivity index is -0.00000112. The number of halogens is 11. The number of carbonyl (C=O) groups excluding carboxylic acids is 2. The van der Waals surface area contributed by atoms with E-state index in [1.807, 2.05) is 13.6 Å². The zero-order chi connectivity index (χ0) is 21.1. The first-order valence-electron chi connectivity index (χ1n) is 6.19. The van der Waals surface area contributed by atoms with Crippen LogP contribution in [0.25, 0.3) is 0 Å². The predicted molar refractivity (Wildman–Crippen MR) is 68.9 cm³/mol. The van der Waals surface area contributed by atoms with Crippen LogP contribution in [0.3, 0.4) is 0 Å². The molecule has 1 atom stereocenters. The highest BCUT2D eigenvalue weighted by Gasteiger charge is 2.71. The molecule has 0 aromatic heterocycles. The minimum Gasteiger partial charge on any atom is -0.307 e. The van der Waals surface area contributed by atoms with Crippen LogP contribution in [-0.4, -0.2) is 43.7 Å². The van der Waals surface area contributed by atoms with Gasteiger partial charge in [-0.25, -0.2) is 4.39 Å². The van der Waals surface area contributed by atoms with Gasteiger partial charge in [0, 0.05) is 5.88 Å². The zero-order valence-electron chi connectivity index (χ0n) is 12.5. The molecule has 0 aliphatic heterocycles. The lowest BCUT2D eigenvalue weighted by atomic mass is 9.92. The van der Waals surface area contributed by atoms with E-state index < -0.39 is 61.7 Å². The molecule has 0 aromatic carbocycles. The fourth-order valence-electron chi connectivity index (χ4n) is 1.64. The second-order valence-corrected chi connectivity index (χ2v) is 4.78. The van der Waals surface area contributed by atoms with Crippen molar-refractivity contribution in [2.24, 2.45) is 5.92 Å². The maximum atomic E-state index is 13.2. The first-order valence-corrected chi connectivity index (χ1v) is 6.73. The number of hydrogen-bond acceptors (Lipinski definition) is 2. The summed E-state index contributed by atoms with van der Waals surface area (Å²) in [7, 11) is 0. The van der Waals surface area contributed by atoms with E-state index in [4.69, 9.17) is 21.2 Å². The first-order chi connectivity index (χ1) is 11.2. The van der Waals surface area contributed by atoms with Crippen molar-refractivity contribution in [2.45, 2.75) is 49.9 Å². The van der Waals surface area contributed by atoms with Gasteiger partial charge in [-0.1, -0.05) is 0 Å². The Labute approximate surface area is 141 Å². The summed E-state index contributed by atoms with van der Waals surface area (Å²) in [5, 5.41) is 0. The van der Waals surface area contributed by atoms with Gasteiger partial charge in [0.1, 0.15) is 13.6 Å². The molecule has 0 heterocycles. The Bertz CT molecular complexity index is 337. The van der Waals surface area contributed by atoms with Crippen molar-refractivity contribution in [3.63, 3.8) is 0 Å². The largest absolute Gasteiger partial charge is 0.431 e. The van der Waals surface area contributed by atoms with Gasteiger partial charge in [0.2, 0.25) is 0 Å². The van der Waals surface area contributed by atoms with Gasteiger partial charge in [0.05, 0.1) is 5.92 Å². The molecule has 0 bridgehead atoms. The minimum absolute atomic E-state index is 0.469. The van der Waals surface area contributed by atoms with Crippen LogP contribution in [0.4, 0.5) is 43.9 Å². The van der Waals surface area contributed by atoms with Crippen molar-refractivity contribution in [1.82, 2.24) is 0 Å². The fraction of sp³-hybridized carbons (Fsp3) is 0.833. The van der Waals surface area contributed by atoms with Crippen LogP contribution < -0.4 is 0 Å². The van der Waals surface area contributed by atoms with Gasteiger partial charge in [-0.05, 0) is 25.7 Å². The fourth-order valence-corrected chi connectivity index (χ4v) is 1.90. The third-order valence-electron chi connectivity index (χ3n) is 2.89. The molecule has 0 saturated carbocycles. The topological polar surface area (TPSA) is 34.1 Å². The van der Waals surface area contributed by atoms with Gasteiger partial charge in [0.15, 0.2) is 0 Å². The molecule has 1 unspecified atom stereocenters. The SMILES string of the molecule is C=O.C=O.FC(F)(F)C(CCCl)CCCC(F)(C(F)(F)F)C(F)(F)F. The van der Waals surface area contributed by atoms with Crippen molar-refractivity contribution >= 4 is 25.2 Å². The van der Waals surface area contributed by atoms with Crippen LogP contribution in [0.15, 0.2) is 0 Å². The van der Waals surface area contributed by atoms with Crippen LogP contribution in [0.2, 0.25) is 0 Å². The monoisotopic (exact) mass is 416 g/mol. The molecule has 0 aliphatic carbocycles. The molecule has 0 saturated heterocycles. The summed E-state index contributed by atoms with van der Waals surface area (Å²) >= 11 is 5.08. The molecular formula is C12H15ClF10O2. The Morgan fingerprint density at radius 2 is 1.08 bits per heavy atom. The van der Waals surface area contributed by atoms with E-state index in [0.29, 0.717) is 0 Å². The molecular weight excluding hydrogens is 402 g/mol. The summed E-state index contributed by atoms with van der Waals surface area (Å²) in [5.74, 6) is -2.63. The van der Waals surface area contributed by atoms with Crippen molar-refractivity contribution in [3.8, 4) is 0 Å². The number of rotatable bonds is 6. The molecule has 0 aromatic rings. The quantitative estimate of drug-likeness (QED) is 0.427. The van der Waals surface area contributed by atoms with E-state index in [2.05, 4.69) is 0 Å². The molecule has 152 valence electrons. The van der Waals surface area contributed by atoms with Crippen molar-refractivity contribution in [3.05, 3.63) is 0 Å². The molecule has 0 spiro atoms. The van der Waals surface area contributed by atoms with Crippen LogP contribution in [-0.2, 0) is 9.59 Å². The number of hydrogen-bond donors (Lipinski definition) is 0. The van der Waals surface area contributed by atoms with Crippen LogP contribution in [0.5, 0.6) is 0 Å². The molecule has 0 rings (SSSR count). The summed E-state index contributed by atoms with van der Waals surface area (Å²) in [4.78, 5) is 16.0. The van der Waals surface area contributed by atoms with Gasteiger partial charge < -0.3 is 9.59 Å². The van der Waals surface area contributed by atoms with Crippen LogP contribution in [0.1, 0.15) is 25.7 Å². The molecule has 0 radical (unpaired) electrons. The lowest BCUT2D eigenvalue weighted by molar-refractivity contribution is -0.343. The lowest BCUT2D eigenvalue weighted by Crippen LogP contribution is -2.53. The van der Waals surface area contributed by atoms with Crippen molar-refractivity contribution < 1.29 is 53.5 Å². The van der Waals surface area contributed by atoms with E-state index in [1.54, 1.807) is 0 Å². The van der Waals surface area contributed by atoms with Crippen molar-refractivity contribution in [1.29, 1.82) is 0 Å². The minimum atomic E-state index is -6.24. The average Bonchev–Trinajstić information content (AvgIpc) is 2.47. The van der Waals surface area contributed by atoms with E-state index in [9.17, 15) is 43.9 Å². The van der Waals surface area contributed by atoms with E-state index in [0.717, 1.165) is 0 Å². The van der Waals surface area contributed by atoms with Gasteiger partial charge >= 0.3 is 18.5 Å². The Kier molecular flexibility index (Phi) is 13.2. The molecule has 13 heteroatoms. The second-order valence-electron chi connectivity index (χ2n) is 4.41. The standard InChI is InChI=1S/C10H11ClF10.2CH2O/c11-5-3-6(8(13,14)15)2-1-4-7(12,9(16,17)18)10(19,20)21;2*1-2/h6H,1-5H2;2*1H2. The van der Waals surface area contributed by atoms with Gasteiger partial charge in [-0.15, -0.1) is 11.6 Å². The van der Waals surface area contributed by atoms with Gasteiger partial charge in [-0.2, -0.15) is 39.5 Å². The second kappa shape index (κ2) is 11.5. The first kappa shape index (κ1) is 28.7. The van der Waals surface area contributed by atoms with E-state index >= 15 is 0 Å². The normalized spacial score (nSPS) is 13.9. The number of carbonyl (C=O) groups is 2. The lowest BCUT2D eigenvalue weighted by Gasteiger charge is -2.30. The molecule has 0 N–H and O–H groups in total. The predicted octanol–water partition coefficient (Wildman–Crippen LogP) is 5.43. The maximum Gasteiger partial charge on any atom is 0.431 e. The zero-order valence-corrected chi connectivity index (χ0v) is 13.3. The molecule has 0 fully saturated rings. The summed E-state index contributed by atoms with van der Waals surface area (Å²) in [6.45, 7) is 4.00. The molecule has 25 heavy (non-hydrogen) atoms. The van der Waals surface area contributed by atoms with E-state index in [-0.39, 0.29) is 0 Å². The Morgan fingerprint density at radius 1 is 0.720 bits per heavy atom. The van der Waals surface area contributed by atoms with Crippen molar-refractivity contribution in [2.75, 3.05) is 5.88 Å². The Morgan fingerprint density at radius 3 is 1.32 bits per heavy atom. The smallest absolute Gasteiger partial charge is 0.307 e. The average molecular weight is 417 g/mol. The highest BCUT2D eigenvalue weighted by molar-refractivity contribution is 6.17. The molecule has 0 amide bonds. The van der Waals surface area contributed by atoms with Gasteiger partial charge in [-0.3, -0.25) is 0 Å². The highest BCUT2D eigenvalue weighted by Crippen LogP contribution is 2.49. The maximum absolute atomic E-state index is 13.2. The highest BCUT2D eigenvalue weighted by atomic mass is 35.5.